The third-order valence-corrected chi connectivity index (χ3v) is 3.91. The van der Waals surface area contributed by atoms with Gasteiger partial charge in [-0.05, 0) is 12.1 Å². The lowest BCUT2D eigenvalue weighted by molar-refractivity contribution is -0.116. The van der Waals surface area contributed by atoms with Crippen LogP contribution in [-0.2, 0) is 9.53 Å². The van der Waals surface area contributed by atoms with E-state index in [2.05, 4.69) is 0 Å². The highest BCUT2D eigenvalue weighted by molar-refractivity contribution is 5.95. The van der Waals surface area contributed by atoms with E-state index in [9.17, 15) is 9.59 Å². The number of ether oxygens (including phenoxy) is 2. The van der Waals surface area contributed by atoms with E-state index in [0.29, 0.717) is 23.7 Å². The van der Waals surface area contributed by atoms with Crippen LogP contribution in [0.3, 0.4) is 0 Å². The first-order valence-electron chi connectivity index (χ1n) is 6.74. The molecule has 1 fully saturated rings. The smallest absolute Gasteiger partial charge is 0.415 e. The number of anilines is 2. The van der Waals surface area contributed by atoms with E-state index in [4.69, 9.17) is 15.2 Å². The van der Waals surface area contributed by atoms with Crippen molar-refractivity contribution in [2.45, 2.75) is 19.1 Å². The lowest BCUT2D eigenvalue weighted by Crippen LogP contribution is -2.46. The first-order chi connectivity index (χ1) is 10.0. The van der Waals surface area contributed by atoms with Crippen LogP contribution in [0.1, 0.15) is 6.92 Å². The summed E-state index contributed by atoms with van der Waals surface area (Å²) < 4.78 is 11.0. The van der Waals surface area contributed by atoms with E-state index in [1.165, 1.54) is 11.8 Å². The van der Waals surface area contributed by atoms with Gasteiger partial charge in [0.2, 0.25) is 5.91 Å². The van der Waals surface area contributed by atoms with Gasteiger partial charge in [-0.25, -0.2) is 4.79 Å². The van der Waals surface area contributed by atoms with E-state index in [1.54, 1.807) is 30.1 Å². The second kappa shape index (κ2) is 4.92. The quantitative estimate of drug-likeness (QED) is 0.867. The molecule has 1 aromatic carbocycles. The largest absolute Gasteiger partial charge is 0.489 e. The number of cyclic esters (lactones) is 1. The minimum atomic E-state index is -0.410. The van der Waals surface area contributed by atoms with Crippen molar-refractivity contribution in [2.75, 3.05) is 30.0 Å². The Kier molecular flexibility index (Phi) is 3.21. The maximum atomic E-state index is 12.0. The topological polar surface area (TPSA) is 85.1 Å². The lowest BCUT2D eigenvalue weighted by Gasteiger charge is -2.31. The molecule has 7 nitrogen and oxygen atoms in total. The van der Waals surface area contributed by atoms with Gasteiger partial charge in [-0.1, -0.05) is 0 Å². The van der Waals surface area contributed by atoms with Crippen LogP contribution in [0.5, 0.6) is 5.75 Å². The van der Waals surface area contributed by atoms with Crippen molar-refractivity contribution in [2.24, 2.45) is 5.73 Å². The molecule has 0 bridgehead atoms. The number of hydrogen-bond acceptors (Lipinski definition) is 5. The highest BCUT2D eigenvalue weighted by Crippen LogP contribution is 2.40. The second-order valence-corrected chi connectivity index (χ2v) is 5.14. The monoisotopic (exact) mass is 291 g/mol. The molecule has 2 heterocycles. The summed E-state index contributed by atoms with van der Waals surface area (Å²) in [5, 5.41) is 0. The van der Waals surface area contributed by atoms with Crippen molar-refractivity contribution < 1.29 is 19.1 Å². The molecular weight excluding hydrogens is 274 g/mol. The zero-order valence-electron chi connectivity index (χ0n) is 11.9. The minimum Gasteiger partial charge on any atom is -0.489 e. The van der Waals surface area contributed by atoms with Crippen molar-refractivity contribution in [1.82, 2.24) is 0 Å². The van der Waals surface area contributed by atoms with Crippen molar-refractivity contribution in [3.05, 3.63) is 18.2 Å². The van der Waals surface area contributed by atoms with Gasteiger partial charge < -0.3 is 20.1 Å². The Labute approximate surface area is 122 Å². The van der Waals surface area contributed by atoms with E-state index in [-0.39, 0.29) is 24.6 Å². The SMILES string of the molecule is CC(=O)N(C)c1ccc2c(c1)OC[C@H]1[C@H](CN)OC(=O)N21. The van der Waals surface area contributed by atoms with Crippen molar-refractivity contribution >= 4 is 23.4 Å². The summed E-state index contributed by atoms with van der Waals surface area (Å²) in [4.78, 5) is 26.5. The third kappa shape index (κ3) is 2.09. The molecule has 0 radical (unpaired) electrons. The molecule has 0 unspecified atom stereocenters. The van der Waals surface area contributed by atoms with Gasteiger partial charge in [0.25, 0.3) is 0 Å². The molecule has 1 saturated heterocycles. The predicted octanol–water partition coefficient (Wildman–Crippen LogP) is 0.714. The zero-order valence-corrected chi connectivity index (χ0v) is 11.9. The molecule has 112 valence electrons. The van der Waals surface area contributed by atoms with Crippen LogP contribution in [0.4, 0.5) is 16.2 Å². The Morgan fingerprint density at radius 3 is 2.95 bits per heavy atom. The average Bonchev–Trinajstić information content (AvgIpc) is 2.82. The maximum absolute atomic E-state index is 12.0. The number of carbonyl (C=O) groups excluding carboxylic acids is 2. The fourth-order valence-corrected chi connectivity index (χ4v) is 2.61. The van der Waals surface area contributed by atoms with Gasteiger partial charge in [-0.15, -0.1) is 0 Å². The molecule has 7 heteroatoms. The Bertz CT molecular complexity index is 604. The maximum Gasteiger partial charge on any atom is 0.415 e. The van der Waals surface area contributed by atoms with E-state index < -0.39 is 6.09 Å². The minimum absolute atomic E-state index is 0.0765. The number of rotatable bonds is 2. The Balaban J connectivity index is 1.96. The van der Waals surface area contributed by atoms with Crippen molar-refractivity contribution in [3.63, 3.8) is 0 Å². The van der Waals surface area contributed by atoms with Gasteiger partial charge in [0.15, 0.2) is 0 Å². The van der Waals surface area contributed by atoms with Crippen LogP contribution < -0.4 is 20.3 Å². The van der Waals surface area contributed by atoms with Crippen LogP contribution in [0.25, 0.3) is 0 Å². The standard InChI is InChI=1S/C14H17N3O4/c1-8(18)16(2)9-3-4-10-12(5-9)20-7-11-13(6-15)21-14(19)17(10)11/h3-5,11,13H,6-7,15H2,1-2H3/t11-,13-/m0/s1. The van der Waals surface area contributed by atoms with E-state index >= 15 is 0 Å². The van der Waals surface area contributed by atoms with Crippen molar-refractivity contribution in [3.8, 4) is 5.75 Å². The second-order valence-electron chi connectivity index (χ2n) is 5.14. The number of fused-ring (bicyclic) bond motifs is 3. The fraction of sp³-hybridized carbons (Fsp3) is 0.429. The summed E-state index contributed by atoms with van der Waals surface area (Å²) in [6.07, 6.45) is -0.766. The summed E-state index contributed by atoms with van der Waals surface area (Å²) in [7, 11) is 1.68. The zero-order chi connectivity index (χ0) is 15.1. The molecular formula is C14H17N3O4. The first kappa shape index (κ1) is 13.7. The van der Waals surface area contributed by atoms with Crippen molar-refractivity contribution in [1.29, 1.82) is 0 Å². The van der Waals surface area contributed by atoms with Gasteiger partial charge in [0.1, 0.15) is 24.5 Å². The molecule has 0 spiro atoms. The van der Waals surface area contributed by atoms with Crippen LogP contribution in [-0.4, -0.2) is 44.3 Å². The lowest BCUT2D eigenvalue weighted by atomic mass is 10.1. The van der Waals surface area contributed by atoms with Gasteiger partial charge in [-0.3, -0.25) is 9.69 Å². The molecule has 2 atom stereocenters. The molecule has 2 aliphatic rings. The first-order valence-corrected chi connectivity index (χ1v) is 6.74. The molecule has 21 heavy (non-hydrogen) atoms. The van der Waals surface area contributed by atoms with Crippen LogP contribution in [0.15, 0.2) is 18.2 Å². The third-order valence-electron chi connectivity index (χ3n) is 3.91. The van der Waals surface area contributed by atoms with Crippen LogP contribution in [0, 0.1) is 0 Å². The van der Waals surface area contributed by atoms with Crippen LogP contribution >= 0.6 is 0 Å². The average molecular weight is 291 g/mol. The molecule has 0 aliphatic carbocycles. The number of nitrogens with two attached hydrogens (primary N) is 1. The Morgan fingerprint density at radius 2 is 2.29 bits per heavy atom. The number of amides is 2. The Morgan fingerprint density at radius 1 is 1.52 bits per heavy atom. The molecule has 3 rings (SSSR count). The summed E-state index contributed by atoms with van der Waals surface area (Å²) >= 11 is 0. The normalized spacial score (nSPS) is 23.0. The van der Waals surface area contributed by atoms with Crippen LogP contribution in [0.2, 0.25) is 0 Å². The van der Waals surface area contributed by atoms with Gasteiger partial charge in [0, 0.05) is 32.3 Å². The van der Waals surface area contributed by atoms with E-state index in [1.807, 2.05) is 0 Å². The summed E-state index contributed by atoms with van der Waals surface area (Å²) in [6.45, 7) is 2.07. The Hall–Kier alpha value is -2.28. The molecule has 2 N–H and O–H groups in total. The van der Waals surface area contributed by atoms with Gasteiger partial charge >= 0.3 is 6.09 Å². The molecule has 2 aliphatic heterocycles. The highest BCUT2D eigenvalue weighted by atomic mass is 16.6. The molecule has 0 saturated carbocycles. The molecule has 0 aromatic heterocycles. The van der Waals surface area contributed by atoms with Gasteiger partial charge in [0.05, 0.1) is 5.69 Å². The number of hydrogen-bond donors (Lipinski definition) is 1. The summed E-state index contributed by atoms with van der Waals surface area (Å²) in [5.74, 6) is 0.485. The summed E-state index contributed by atoms with van der Waals surface area (Å²) in [6, 6.07) is 5.08. The number of benzene rings is 1. The fourth-order valence-electron chi connectivity index (χ4n) is 2.61. The number of nitrogens with zero attached hydrogens (tertiary/aromatic N) is 2. The molecule has 1 aromatic rings. The molecule has 2 amide bonds. The van der Waals surface area contributed by atoms with E-state index in [0.717, 1.165) is 0 Å². The predicted molar refractivity (Wildman–Crippen MR) is 76.6 cm³/mol. The number of carbonyl (C=O) groups is 2. The summed E-state index contributed by atoms with van der Waals surface area (Å²) in [5.41, 5.74) is 6.97. The highest BCUT2D eigenvalue weighted by Gasteiger charge is 2.45. The van der Waals surface area contributed by atoms with Gasteiger partial charge in [-0.2, -0.15) is 0 Å².